The molecule has 2 heterocycles. The highest BCUT2D eigenvalue weighted by molar-refractivity contribution is 7.12. The van der Waals surface area contributed by atoms with Crippen LogP contribution in [0.25, 0.3) is 0 Å². The van der Waals surface area contributed by atoms with E-state index in [0.29, 0.717) is 29.4 Å². The topological polar surface area (TPSA) is 70.7 Å². The van der Waals surface area contributed by atoms with Gasteiger partial charge in [-0.25, -0.2) is 0 Å². The monoisotopic (exact) mass is 373 g/mol. The highest BCUT2D eigenvalue weighted by Gasteiger charge is 2.25. The lowest BCUT2D eigenvalue weighted by Gasteiger charge is -2.36. The quantitative estimate of drug-likeness (QED) is 0.845. The van der Waals surface area contributed by atoms with Gasteiger partial charge in [0.2, 0.25) is 5.91 Å². The van der Waals surface area contributed by atoms with Gasteiger partial charge in [0.25, 0.3) is 5.91 Å². The van der Waals surface area contributed by atoms with Gasteiger partial charge in [0.05, 0.1) is 24.1 Å². The van der Waals surface area contributed by atoms with Crippen LogP contribution < -0.4 is 10.6 Å². The average Bonchev–Trinajstić information content (AvgIpc) is 3.14. The molecule has 1 aromatic heterocycles. The van der Waals surface area contributed by atoms with Crippen LogP contribution in [-0.4, -0.2) is 48.6 Å². The molecule has 0 aliphatic carbocycles. The minimum absolute atomic E-state index is 0.0543. The number of carbonyl (C=O) groups is 2. The number of amides is 2. The Bertz CT molecular complexity index is 746. The standard InChI is InChI=1S/C19H23N3O3S/c1-13-12-25-14(2)10-22(13)11-18(23)20-15-5-7-16(8-6-15)21-19(24)17-4-3-9-26-17/h3-9,13-14H,10-12H2,1-2H3,(H,20,23)(H,21,24). The Kier molecular flexibility index (Phi) is 6.03. The van der Waals surface area contributed by atoms with Crippen molar-refractivity contribution in [3.05, 3.63) is 46.7 Å². The zero-order valence-corrected chi connectivity index (χ0v) is 15.7. The molecule has 2 atom stereocenters. The number of nitrogens with zero attached hydrogens (tertiary/aromatic N) is 1. The number of ether oxygens (including phenoxy) is 1. The highest BCUT2D eigenvalue weighted by atomic mass is 32.1. The Balaban J connectivity index is 1.52. The van der Waals surface area contributed by atoms with Gasteiger partial charge >= 0.3 is 0 Å². The first kappa shape index (κ1) is 18.6. The Hall–Kier alpha value is -2.22. The Morgan fingerprint density at radius 3 is 2.50 bits per heavy atom. The minimum atomic E-state index is -0.132. The summed E-state index contributed by atoms with van der Waals surface area (Å²) >= 11 is 1.40. The van der Waals surface area contributed by atoms with Crippen LogP contribution in [0.1, 0.15) is 23.5 Å². The van der Waals surface area contributed by atoms with Crippen molar-refractivity contribution in [2.24, 2.45) is 0 Å². The van der Waals surface area contributed by atoms with Crippen molar-refractivity contribution >= 4 is 34.5 Å². The molecule has 26 heavy (non-hydrogen) atoms. The predicted octanol–water partition coefficient (Wildman–Crippen LogP) is 3.05. The number of anilines is 2. The zero-order valence-electron chi connectivity index (χ0n) is 14.9. The maximum atomic E-state index is 12.3. The molecule has 1 fully saturated rings. The first-order valence-electron chi connectivity index (χ1n) is 8.61. The van der Waals surface area contributed by atoms with E-state index in [-0.39, 0.29) is 24.0 Å². The Morgan fingerprint density at radius 2 is 1.85 bits per heavy atom. The van der Waals surface area contributed by atoms with Gasteiger partial charge in [-0.3, -0.25) is 14.5 Å². The summed E-state index contributed by atoms with van der Waals surface area (Å²) in [6, 6.07) is 11.0. The molecule has 1 aliphatic rings. The molecule has 1 saturated heterocycles. The fourth-order valence-electron chi connectivity index (χ4n) is 2.81. The summed E-state index contributed by atoms with van der Waals surface area (Å²) in [5, 5.41) is 7.60. The summed E-state index contributed by atoms with van der Waals surface area (Å²) in [6.45, 7) is 5.81. The van der Waals surface area contributed by atoms with Crippen molar-refractivity contribution in [3.63, 3.8) is 0 Å². The molecule has 1 aliphatic heterocycles. The second kappa shape index (κ2) is 8.44. The average molecular weight is 373 g/mol. The van der Waals surface area contributed by atoms with Gasteiger partial charge < -0.3 is 15.4 Å². The van der Waals surface area contributed by atoms with Gasteiger partial charge in [0.15, 0.2) is 0 Å². The summed E-state index contributed by atoms with van der Waals surface area (Å²) in [4.78, 5) is 27.1. The molecule has 2 aromatic rings. The van der Waals surface area contributed by atoms with E-state index in [9.17, 15) is 9.59 Å². The van der Waals surface area contributed by atoms with Crippen LogP contribution in [0.5, 0.6) is 0 Å². The number of hydrogen-bond donors (Lipinski definition) is 2. The minimum Gasteiger partial charge on any atom is -0.376 e. The van der Waals surface area contributed by atoms with E-state index in [1.54, 1.807) is 30.3 Å². The van der Waals surface area contributed by atoms with Crippen molar-refractivity contribution in [1.29, 1.82) is 0 Å². The molecule has 0 spiro atoms. The van der Waals surface area contributed by atoms with E-state index >= 15 is 0 Å². The second-order valence-electron chi connectivity index (χ2n) is 6.48. The van der Waals surface area contributed by atoms with Crippen molar-refractivity contribution < 1.29 is 14.3 Å². The highest BCUT2D eigenvalue weighted by Crippen LogP contribution is 2.17. The van der Waals surface area contributed by atoms with Crippen LogP contribution in [0.4, 0.5) is 11.4 Å². The third-order valence-electron chi connectivity index (χ3n) is 4.26. The third kappa shape index (κ3) is 4.91. The number of carbonyl (C=O) groups excluding carboxylic acids is 2. The fraction of sp³-hybridized carbons (Fsp3) is 0.368. The van der Waals surface area contributed by atoms with E-state index in [4.69, 9.17) is 4.74 Å². The SMILES string of the molecule is CC1CN(CC(=O)Nc2ccc(NC(=O)c3cccs3)cc2)C(C)CO1. The maximum absolute atomic E-state index is 12.3. The van der Waals surface area contributed by atoms with Crippen molar-refractivity contribution in [3.8, 4) is 0 Å². The van der Waals surface area contributed by atoms with Crippen LogP contribution in [0.15, 0.2) is 41.8 Å². The molecule has 0 saturated carbocycles. The van der Waals surface area contributed by atoms with Crippen molar-refractivity contribution in [1.82, 2.24) is 4.90 Å². The first-order valence-corrected chi connectivity index (χ1v) is 9.49. The van der Waals surface area contributed by atoms with Crippen LogP contribution in [-0.2, 0) is 9.53 Å². The molecule has 6 nitrogen and oxygen atoms in total. The number of hydrogen-bond acceptors (Lipinski definition) is 5. The number of benzene rings is 1. The molecule has 3 rings (SSSR count). The normalized spacial score (nSPS) is 20.5. The zero-order chi connectivity index (χ0) is 18.5. The summed E-state index contributed by atoms with van der Waals surface area (Å²) in [5.41, 5.74) is 1.40. The van der Waals surface area contributed by atoms with Gasteiger partial charge in [-0.2, -0.15) is 0 Å². The Labute approximate surface area is 157 Å². The summed E-state index contributed by atoms with van der Waals surface area (Å²) < 4.78 is 5.58. The molecular weight excluding hydrogens is 350 g/mol. The lowest BCUT2D eigenvalue weighted by Crippen LogP contribution is -2.50. The van der Waals surface area contributed by atoms with E-state index in [0.717, 1.165) is 6.54 Å². The molecule has 2 N–H and O–H groups in total. The van der Waals surface area contributed by atoms with E-state index in [1.807, 2.05) is 18.4 Å². The number of morpholine rings is 1. The smallest absolute Gasteiger partial charge is 0.265 e. The van der Waals surface area contributed by atoms with E-state index in [2.05, 4.69) is 22.5 Å². The van der Waals surface area contributed by atoms with Gasteiger partial charge in [-0.05, 0) is 49.6 Å². The molecular formula is C19H23N3O3S. The molecule has 2 amide bonds. The molecule has 0 radical (unpaired) electrons. The van der Waals surface area contributed by atoms with E-state index in [1.165, 1.54) is 11.3 Å². The van der Waals surface area contributed by atoms with Crippen molar-refractivity contribution in [2.45, 2.75) is 26.0 Å². The van der Waals surface area contributed by atoms with Crippen molar-refractivity contribution in [2.75, 3.05) is 30.3 Å². The molecule has 0 bridgehead atoms. The number of rotatable bonds is 5. The van der Waals surface area contributed by atoms with Gasteiger partial charge in [0.1, 0.15) is 0 Å². The second-order valence-corrected chi connectivity index (χ2v) is 7.43. The van der Waals surface area contributed by atoms with Gasteiger partial charge in [0, 0.05) is 24.0 Å². The summed E-state index contributed by atoms with van der Waals surface area (Å²) in [6.07, 6.45) is 0.144. The van der Waals surface area contributed by atoms with Crippen LogP contribution in [0, 0.1) is 0 Å². The molecule has 2 unspecified atom stereocenters. The molecule has 1 aromatic carbocycles. The number of thiophene rings is 1. The Morgan fingerprint density at radius 1 is 1.15 bits per heavy atom. The van der Waals surface area contributed by atoms with Crippen LogP contribution in [0.2, 0.25) is 0 Å². The summed E-state index contributed by atoms with van der Waals surface area (Å²) in [5.74, 6) is -0.187. The van der Waals surface area contributed by atoms with Crippen LogP contribution >= 0.6 is 11.3 Å². The van der Waals surface area contributed by atoms with Gasteiger partial charge in [-0.15, -0.1) is 11.3 Å². The number of nitrogens with one attached hydrogen (secondary N) is 2. The predicted molar refractivity (Wildman–Crippen MR) is 104 cm³/mol. The van der Waals surface area contributed by atoms with E-state index < -0.39 is 0 Å². The first-order chi connectivity index (χ1) is 12.5. The van der Waals surface area contributed by atoms with Crippen LogP contribution in [0.3, 0.4) is 0 Å². The maximum Gasteiger partial charge on any atom is 0.265 e. The largest absolute Gasteiger partial charge is 0.376 e. The lowest BCUT2D eigenvalue weighted by atomic mass is 10.2. The van der Waals surface area contributed by atoms with Gasteiger partial charge in [-0.1, -0.05) is 6.07 Å². The lowest BCUT2D eigenvalue weighted by molar-refractivity contribution is -0.121. The third-order valence-corrected chi connectivity index (χ3v) is 5.12. The fourth-order valence-corrected chi connectivity index (χ4v) is 3.43. The summed E-state index contributed by atoms with van der Waals surface area (Å²) in [7, 11) is 0. The molecule has 138 valence electrons. The molecule has 7 heteroatoms.